The molecule has 1 fully saturated rings. The summed E-state index contributed by atoms with van der Waals surface area (Å²) in [4.78, 5) is 13.9. The molecule has 1 amide bonds. The van der Waals surface area contributed by atoms with Gasteiger partial charge in [-0.05, 0) is 31.0 Å². The van der Waals surface area contributed by atoms with E-state index in [1.54, 1.807) is 0 Å². The van der Waals surface area contributed by atoms with Crippen molar-refractivity contribution in [1.82, 2.24) is 5.32 Å². The molecular weight excluding hydrogens is 382 g/mol. The number of amidine groups is 1. The van der Waals surface area contributed by atoms with E-state index in [4.69, 9.17) is 15.9 Å². The summed E-state index contributed by atoms with van der Waals surface area (Å²) in [6.45, 7) is 0. The summed E-state index contributed by atoms with van der Waals surface area (Å²) >= 11 is 1.45. The van der Waals surface area contributed by atoms with Crippen LogP contribution < -0.4 is 15.8 Å². The predicted octanol–water partition coefficient (Wildman–Crippen LogP) is 4.75. The van der Waals surface area contributed by atoms with Gasteiger partial charge in [-0.25, -0.2) is 0 Å². The molecule has 2 aromatic carbocycles. The fourth-order valence-corrected chi connectivity index (χ4v) is 4.76. The molecule has 0 aliphatic heterocycles. The van der Waals surface area contributed by atoms with Crippen molar-refractivity contribution in [2.24, 2.45) is 5.73 Å². The highest BCUT2D eigenvalue weighted by molar-refractivity contribution is 7.20. The molecule has 5 nitrogen and oxygen atoms in total. The highest BCUT2D eigenvalue weighted by Crippen LogP contribution is 2.35. The lowest BCUT2D eigenvalue weighted by Crippen LogP contribution is -2.40. The Bertz CT molecular complexity index is 1010. The standard InChI is InChI=1S/C23H25N3O2S/c24-22(25)20-14-17-18(12-7-13-19(17)29-20)28-21(15-8-3-1-4-9-15)23(27)26-16-10-5-2-6-11-16/h1,3-4,7-9,12-14,16,21H,2,5-6,10-11H2,(H3,24,25)(H,26,27). The zero-order valence-corrected chi connectivity index (χ0v) is 17.0. The van der Waals surface area contributed by atoms with Crippen LogP contribution >= 0.6 is 11.3 Å². The third kappa shape index (κ3) is 4.43. The molecule has 1 unspecified atom stereocenters. The van der Waals surface area contributed by atoms with E-state index in [2.05, 4.69) is 5.32 Å². The van der Waals surface area contributed by atoms with Gasteiger partial charge in [-0.2, -0.15) is 0 Å². The lowest BCUT2D eigenvalue weighted by Gasteiger charge is -2.26. The number of rotatable bonds is 6. The zero-order chi connectivity index (χ0) is 20.2. The third-order valence-electron chi connectivity index (χ3n) is 5.32. The van der Waals surface area contributed by atoms with Crippen molar-refractivity contribution in [2.45, 2.75) is 44.2 Å². The second-order valence-corrected chi connectivity index (χ2v) is 8.53. The van der Waals surface area contributed by atoms with Crippen LogP contribution in [0.2, 0.25) is 0 Å². The van der Waals surface area contributed by atoms with Crippen molar-refractivity contribution >= 4 is 33.2 Å². The summed E-state index contributed by atoms with van der Waals surface area (Å²) in [5.41, 5.74) is 6.48. The molecule has 1 atom stereocenters. The highest BCUT2D eigenvalue weighted by Gasteiger charge is 2.26. The van der Waals surface area contributed by atoms with Crippen molar-refractivity contribution in [2.75, 3.05) is 0 Å². The van der Waals surface area contributed by atoms with Gasteiger partial charge < -0.3 is 15.8 Å². The first kappa shape index (κ1) is 19.5. The molecule has 1 aliphatic rings. The van der Waals surface area contributed by atoms with Gasteiger partial charge in [0, 0.05) is 21.7 Å². The molecule has 4 rings (SSSR count). The summed E-state index contributed by atoms with van der Waals surface area (Å²) in [6.07, 6.45) is 4.87. The number of hydrogen-bond donors (Lipinski definition) is 3. The maximum atomic E-state index is 13.2. The fraction of sp³-hybridized carbons (Fsp3) is 0.304. The van der Waals surface area contributed by atoms with E-state index in [9.17, 15) is 4.79 Å². The van der Waals surface area contributed by atoms with E-state index in [-0.39, 0.29) is 17.8 Å². The Morgan fingerprint density at radius 1 is 1.10 bits per heavy atom. The molecule has 150 valence electrons. The summed E-state index contributed by atoms with van der Waals surface area (Å²) in [5.74, 6) is 0.549. The lowest BCUT2D eigenvalue weighted by molar-refractivity contribution is -0.129. The molecule has 4 N–H and O–H groups in total. The van der Waals surface area contributed by atoms with Crippen LogP contribution in [0, 0.1) is 5.41 Å². The van der Waals surface area contributed by atoms with Crippen LogP contribution in [0.15, 0.2) is 54.6 Å². The van der Waals surface area contributed by atoms with E-state index >= 15 is 0 Å². The number of thiophene rings is 1. The number of hydrogen-bond acceptors (Lipinski definition) is 4. The summed E-state index contributed by atoms with van der Waals surface area (Å²) in [7, 11) is 0. The van der Waals surface area contributed by atoms with Crippen molar-refractivity contribution < 1.29 is 9.53 Å². The van der Waals surface area contributed by atoms with Gasteiger partial charge in [0.25, 0.3) is 5.91 Å². The van der Waals surface area contributed by atoms with E-state index in [1.165, 1.54) is 17.8 Å². The first-order chi connectivity index (χ1) is 14.1. The lowest BCUT2D eigenvalue weighted by atomic mass is 9.95. The number of amides is 1. The van der Waals surface area contributed by atoms with E-state index in [1.807, 2.05) is 54.6 Å². The summed E-state index contributed by atoms with van der Waals surface area (Å²) in [5, 5.41) is 11.8. The number of carbonyl (C=O) groups is 1. The Balaban J connectivity index is 1.64. The largest absolute Gasteiger partial charge is 0.475 e. The van der Waals surface area contributed by atoms with Gasteiger partial charge in [-0.3, -0.25) is 10.2 Å². The van der Waals surface area contributed by atoms with Crippen LogP contribution in [-0.2, 0) is 4.79 Å². The molecule has 6 heteroatoms. The van der Waals surface area contributed by atoms with Gasteiger partial charge in [-0.15, -0.1) is 11.3 Å². The van der Waals surface area contributed by atoms with Crippen LogP contribution in [0.4, 0.5) is 0 Å². The topological polar surface area (TPSA) is 88.2 Å². The minimum absolute atomic E-state index is 0.0341. The van der Waals surface area contributed by atoms with Gasteiger partial charge in [0.1, 0.15) is 11.6 Å². The molecule has 0 bridgehead atoms. The van der Waals surface area contributed by atoms with Crippen molar-refractivity contribution in [3.8, 4) is 5.75 Å². The van der Waals surface area contributed by atoms with Gasteiger partial charge in [0.15, 0.2) is 0 Å². The third-order valence-corrected chi connectivity index (χ3v) is 6.46. The second-order valence-electron chi connectivity index (χ2n) is 7.44. The number of nitrogens with one attached hydrogen (secondary N) is 2. The molecular formula is C23H25N3O2S. The minimum Gasteiger partial charge on any atom is -0.475 e. The number of fused-ring (bicyclic) bond motifs is 1. The van der Waals surface area contributed by atoms with Gasteiger partial charge in [0.05, 0.1) is 4.88 Å². The fourth-order valence-electron chi connectivity index (χ4n) is 3.82. The minimum atomic E-state index is -0.732. The SMILES string of the molecule is N=C(N)c1cc2c(OC(C(=O)NC3CCCCC3)c3ccccc3)cccc2s1. The molecule has 1 heterocycles. The number of nitrogens with two attached hydrogens (primary N) is 1. The maximum absolute atomic E-state index is 13.2. The van der Waals surface area contributed by atoms with Crippen molar-refractivity contribution in [1.29, 1.82) is 5.41 Å². The van der Waals surface area contributed by atoms with Gasteiger partial charge in [-0.1, -0.05) is 55.7 Å². The van der Waals surface area contributed by atoms with Crippen molar-refractivity contribution in [3.63, 3.8) is 0 Å². The van der Waals surface area contributed by atoms with E-state index in [0.29, 0.717) is 10.6 Å². The number of benzene rings is 2. The average molecular weight is 408 g/mol. The molecule has 1 aliphatic carbocycles. The highest BCUT2D eigenvalue weighted by atomic mass is 32.1. The van der Waals surface area contributed by atoms with Crippen LogP contribution in [0.25, 0.3) is 10.1 Å². The van der Waals surface area contributed by atoms with Gasteiger partial charge in [0.2, 0.25) is 6.10 Å². The number of ether oxygens (including phenoxy) is 1. The Labute approximate surface area is 174 Å². The molecule has 3 aromatic rings. The average Bonchev–Trinajstić information content (AvgIpc) is 3.19. The first-order valence-corrected chi connectivity index (χ1v) is 10.8. The van der Waals surface area contributed by atoms with Crippen molar-refractivity contribution in [3.05, 3.63) is 65.0 Å². The number of carbonyl (C=O) groups excluding carboxylic acids is 1. The van der Waals surface area contributed by atoms with Crippen LogP contribution in [0.3, 0.4) is 0 Å². The van der Waals surface area contributed by atoms with Crippen LogP contribution in [-0.4, -0.2) is 17.8 Å². The molecule has 0 radical (unpaired) electrons. The van der Waals surface area contributed by atoms with Gasteiger partial charge >= 0.3 is 0 Å². The Morgan fingerprint density at radius 2 is 1.86 bits per heavy atom. The predicted molar refractivity (Wildman–Crippen MR) is 118 cm³/mol. The molecule has 29 heavy (non-hydrogen) atoms. The maximum Gasteiger partial charge on any atom is 0.266 e. The van der Waals surface area contributed by atoms with Crippen LogP contribution in [0.5, 0.6) is 5.75 Å². The number of nitrogen functional groups attached to an aromatic ring is 1. The normalized spacial score (nSPS) is 15.7. The summed E-state index contributed by atoms with van der Waals surface area (Å²) < 4.78 is 7.27. The quantitative estimate of drug-likeness (QED) is 0.407. The smallest absolute Gasteiger partial charge is 0.266 e. The first-order valence-electron chi connectivity index (χ1n) is 10.0. The Hall–Kier alpha value is -2.86. The monoisotopic (exact) mass is 407 g/mol. The van der Waals surface area contributed by atoms with Crippen LogP contribution in [0.1, 0.15) is 48.6 Å². The molecule has 0 spiro atoms. The van der Waals surface area contributed by atoms with E-state index in [0.717, 1.165) is 41.3 Å². The summed E-state index contributed by atoms with van der Waals surface area (Å²) in [6, 6.07) is 17.4. The molecule has 0 saturated heterocycles. The Kier molecular flexibility index (Phi) is 5.81. The molecule has 1 saturated carbocycles. The zero-order valence-electron chi connectivity index (χ0n) is 16.2. The second kappa shape index (κ2) is 8.66. The Morgan fingerprint density at radius 3 is 2.59 bits per heavy atom. The molecule has 1 aromatic heterocycles. The van der Waals surface area contributed by atoms with E-state index < -0.39 is 6.10 Å².